The Hall–Kier alpha value is -1.82. The summed E-state index contributed by atoms with van der Waals surface area (Å²) in [5.41, 5.74) is 2.05. The molecule has 0 radical (unpaired) electrons. The topological polar surface area (TPSA) is 32.3 Å². The van der Waals surface area contributed by atoms with E-state index in [2.05, 4.69) is 12.0 Å². The number of carbonyl (C=O) groups is 1. The van der Waals surface area contributed by atoms with Crippen LogP contribution in [0.25, 0.3) is 0 Å². The van der Waals surface area contributed by atoms with Gasteiger partial charge in [0.2, 0.25) is 0 Å². The van der Waals surface area contributed by atoms with E-state index in [1.165, 1.54) is 11.1 Å². The van der Waals surface area contributed by atoms with Crippen LogP contribution in [-0.4, -0.2) is 24.1 Å². The first-order chi connectivity index (χ1) is 10.7. The zero-order valence-electron chi connectivity index (χ0n) is 13.5. The van der Waals surface area contributed by atoms with Gasteiger partial charge in [0, 0.05) is 18.3 Å². The van der Waals surface area contributed by atoms with Gasteiger partial charge in [0.1, 0.15) is 0 Å². The van der Waals surface area contributed by atoms with Crippen LogP contribution >= 0.6 is 0 Å². The fraction of sp³-hybridized carbons (Fsp3) is 0.471. The van der Waals surface area contributed by atoms with E-state index in [0.717, 1.165) is 0 Å². The van der Waals surface area contributed by atoms with Gasteiger partial charge in [-0.05, 0) is 37.3 Å². The van der Waals surface area contributed by atoms with E-state index in [-0.39, 0.29) is 24.0 Å². The van der Waals surface area contributed by atoms with Crippen molar-refractivity contribution in [3.05, 3.63) is 47.2 Å². The number of allylic oxidation sites excluding steroid dienone is 1. The summed E-state index contributed by atoms with van der Waals surface area (Å²) >= 11 is 0. The average molecular weight is 326 g/mol. The molecule has 0 aromatic heterocycles. The predicted octanol–water partition coefficient (Wildman–Crippen LogP) is 4.09. The Labute approximate surface area is 134 Å². The van der Waals surface area contributed by atoms with Crippen molar-refractivity contribution < 1.29 is 18.0 Å². The molecule has 0 spiro atoms. The van der Waals surface area contributed by atoms with E-state index in [1.807, 2.05) is 6.92 Å². The predicted molar refractivity (Wildman–Crippen MR) is 82.8 cm³/mol. The van der Waals surface area contributed by atoms with Crippen LogP contribution in [0.1, 0.15) is 47.7 Å². The fourth-order valence-electron chi connectivity index (χ4n) is 2.85. The number of hydrogen-bond donors (Lipinski definition) is 1. The summed E-state index contributed by atoms with van der Waals surface area (Å²) in [6.45, 7) is 7.29. The molecule has 1 amide bonds. The van der Waals surface area contributed by atoms with Crippen LogP contribution in [-0.2, 0) is 5.41 Å². The quantitative estimate of drug-likeness (QED) is 0.827. The molecule has 126 valence electrons. The summed E-state index contributed by atoms with van der Waals surface area (Å²) in [7, 11) is 1.55. The zero-order valence-corrected chi connectivity index (χ0v) is 13.5. The molecule has 1 N–H and O–H groups in total. The Balaban J connectivity index is 2.56. The minimum Gasteiger partial charge on any atom is -0.267 e. The Morgan fingerprint density at radius 1 is 1.39 bits per heavy atom. The third kappa shape index (κ3) is 2.87. The fourth-order valence-corrected chi connectivity index (χ4v) is 2.85. The Morgan fingerprint density at radius 3 is 2.43 bits per heavy atom. The van der Waals surface area contributed by atoms with Crippen molar-refractivity contribution in [2.24, 2.45) is 0 Å². The lowest BCUT2D eigenvalue weighted by molar-refractivity contribution is -0.160. The van der Waals surface area contributed by atoms with Crippen molar-refractivity contribution in [1.29, 1.82) is 0 Å². The molecule has 0 bridgehead atoms. The van der Waals surface area contributed by atoms with E-state index in [9.17, 15) is 18.0 Å². The molecule has 1 saturated carbocycles. The summed E-state index contributed by atoms with van der Waals surface area (Å²) < 4.78 is 40.5. The Kier molecular flexibility index (Phi) is 4.57. The molecule has 0 heterocycles. The highest BCUT2D eigenvalue weighted by Crippen LogP contribution is 2.59. The molecule has 1 aliphatic carbocycles. The molecular formula is C17H21F3N2O. The van der Waals surface area contributed by atoms with Gasteiger partial charge in [-0.15, -0.1) is 0 Å². The molecule has 3 nitrogen and oxygen atoms in total. The van der Waals surface area contributed by atoms with Gasteiger partial charge in [0.15, 0.2) is 0 Å². The second-order valence-electron chi connectivity index (χ2n) is 5.86. The highest BCUT2D eigenvalue weighted by atomic mass is 19.4. The monoisotopic (exact) mass is 326 g/mol. The van der Waals surface area contributed by atoms with Crippen LogP contribution in [0, 0.1) is 6.92 Å². The van der Waals surface area contributed by atoms with E-state index in [1.54, 1.807) is 26.1 Å². The normalized spacial score (nSPS) is 16.1. The zero-order chi connectivity index (χ0) is 17.4. The second kappa shape index (κ2) is 6.00. The number of hydrazine groups is 1. The van der Waals surface area contributed by atoms with E-state index in [4.69, 9.17) is 0 Å². The number of amides is 1. The lowest BCUT2D eigenvalue weighted by Gasteiger charge is -2.28. The maximum Gasteiger partial charge on any atom is 0.398 e. The molecule has 0 aliphatic heterocycles. The maximum absolute atomic E-state index is 13.5. The van der Waals surface area contributed by atoms with E-state index < -0.39 is 17.5 Å². The summed E-state index contributed by atoms with van der Waals surface area (Å²) in [5, 5.41) is 1.22. The van der Waals surface area contributed by atoms with Gasteiger partial charge < -0.3 is 0 Å². The van der Waals surface area contributed by atoms with Crippen molar-refractivity contribution in [3.63, 3.8) is 0 Å². The molecule has 2 rings (SSSR count). The summed E-state index contributed by atoms with van der Waals surface area (Å²) in [4.78, 5) is 12.9. The molecule has 1 fully saturated rings. The van der Waals surface area contributed by atoms with Crippen LogP contribution in [0.5, 0.6) is 0 Å². The van der Waals surface area contributed by atoms with Crippen LogP contribution in [0.2, 0.25) is 0 Å². The van der Waals surface area contributed by atoms with Crippen molar-refractivity contribution in [2.75, 3.05) is 7.05 Å². The number of carbonyl (C=O) groups excluding carboxylic acids is 1. The number of nitrogens with one attached hydrogen (secondary N) is 1. The number of hydrogen-bond acceptors (Lipinski definition) is 2. The number of nitrogens with zero attached hydrogens (tertiary/aromatic N) is 1. The van der Waals surface area contributed by atoms with Gasteiger partial charge in [0.05, 0.1) is 5.41 Å². The van der Waals surface area contributed by atoms with E-state index in [0.29, 0.717) is 17.7 Å². The van der Waals surface area contributed by atoms with Gasteiger partial charge in [-0.25, -0.2) is 10.4 Å². The summed E-state index contributed by atoms with van der Waals surface area (Å²) in [5.74, 6) is -0.497. The van der Waals surface area contributed by atoms with Gasteiger partial charge in [0.25, 0.3) is 5.91 Å². The van der Waals surface area contributed by atoms with Crippen molar-refractivity contribution in [2.45, 2.75) is 44.7 Å². The highest BCUT2D eigenvalue weighted by molar-refractivity contribution is 5.98. The van der Waals surface area contributed by atoms with Crippen molar-refractivity contribution in [3.8, 4) is 0 Å². The molecule has 0 atom stereocenters. The highest BCUT2D eigenvalue weighted by Gasteiger charge is 2.65. The molecule has 0 unspecified atom stereocenters. The third-order valence-corrected chi connectivity index (χ3v) is 4.45. The summed E-state index contributed by atoms with van der Waals surface area (Å²) in [6.07, 6.45) is -3.80. The molecule has 1 aliphatic rings. The molecule has 1 aromatic rings. The standard InChI is InChI=1S/C17H21F3N2O/c1-5-12(3)22(21-4)15(23)14-11(2)7-6-8-13(14)16(9-10-16)17(18,19)20/h6-8,21H,3,5,9-10H2,1-2,4H3. The number of alkyl halides is 3. The first-order valence-electron chi connectivity index (χ1n) is 7.56. The number of rotatable bonds is 5. The largest absolute Gasteiger partial charge is 0.398 e. The smallest absolute Gasteiger partial charge is 0.267 e. The first-order valence-corrected chi connectivity index (χ1v) is 7.56. The van der Waals surface area contributed by atoms with Crippen LogP contribution < -0.4 is 5.43 Å². The minimum atomic E-state index is -4.36. The van der Waals surface area contributed by atoms with Crippen molar-refractivity contribution >= 4 is 5.91 Å². The minimum absolute atomic E-state index is 0.0223. The lowest BCUT2D eigenvalue weighted by atomic mass is 9.87. The van der Waals surface area contributed by atoms with Crippen molar-refractivity contribution in [1.82, 2.24) is 10.4 Å². The van der Waals surface area contributed by atoms with Gasteiger partial charge in [-0.1, -0.05) is 31.7 Å². The van der Waals surface area contributed by atoms with Crippen LogP contribution in [0.3, 0.4) is 0 Å². The third-order valence-electron chi connectivity index (χ3n) is 4.45. The first kappa shape index (κ1) is 17.5. The van der Waals surface area contributed by atoms with Gasteiger partial charge in [-0.2, -0.15) is 13.2 Å². The average Bonchev–Trinajstić information content (AvgIpc) is 3.28. The summed E-state index contributed by atoms with van der Waals surface area (Å²) in [6, 6.07) is 4.65. The number of benzene rings is 1. The van der Waals surface area contributed by atoms with Gasteiger partial charge >= 0.3 is 6.18 Å². The van der Waals surface area contributed by atoms with E-state index >= 15 is 0 Å². The van der Waals surface area contributed by atoms with Gasteiger partial charge in [-0.3, -0.25) is 4.79 Å². The lowest BCUT2D eigenvalue weighted by Crippen LogP contribution is -2.41. The number of halogens is 3. The molecule has 1 aromatic carbocycles. The Morgan fingerprint density at radius 2 is 2.00 bits per heavy atom. The second-order valence-corrected chi connectivity index (χ2v) is 5.86. The molecule has 6 heteroatoms. The maximum atomic E-state index is 13.5. The van der Waals surface area contributed by atoms with Crippen LogP contribution in [0.15, 0.2) is 30.5 Å². The Bertz CT molecular complexity index is 633. The number of aryl methyl sites for hydroxylation is 1. The molecular weight excluding hydrogens is 305 g/mol. The molecule has 0 saturated heterocycles. The molecule has 23 heavy (non-hydrogen) atoms. The SMILES string of the molecule is C=C(CC)N(NC)C(=O)c1c(C)cccc1C1(C(F)(F)F)CC1. The van der Waals surface area contributed by atoms with Crippen LogP contribution in [0.4, 0.5) is 13.2 Å².